The summed E-state index contributed by atoms with van der Waals surface area (Å²) in [6.07, 6.45) is 1.32. The first-order valence-electron chi connectivity index (χ1n) is 10.3. The van der Waals surface area contributed by atoms with Crippen LogP contribution in [0.4, 0.5) is 11.4 Å². The van der Waals surface area contributed by atoms with E-state index in [4.69, 9.17) is 23.2 Å². The highest BCUT2D eigenvalue weighted by molar-refractivity contribution is 7.20. The molecule has 174 valence electrons. The lowest BCUT2D eigenvalue weighted by Crippen LogP contribution is -2.31. The molecule has 0 saturated heterocycles. The average Bonchev–Trinajstić information content (AvgIpc) is 3.11. The minimum absolute atomic E-state index is 0.313. The summed E-state index contributed by atoms with van der Waals surface area (Å²) < 4.78 is 1.24. The first kappa shape index (κ1) is 23.9. The van der Waals surface area contributed by atoms with Crippen LogP contribution in [0.5, 0.6) is 0 Å². The van der Waals surface area contributed by atoms with Gasteiger partial charge in [-0.1, -0.05) is 41.4 Å². The molecule has 2 aromatic heterocycles. The number of anilines is 2. The molecular formula is C24H20Cl2N4O3S. The Morgan fingerprint density at radius 2 is 1.74 bits per heavy atom. The summed E-state index contributed by atoms with van der Waals surface area (Å²) in [5.74, 6) is -0.753. The van der Waals surface area contributed by atoms with Crippen LogP contribution in [0.3, 0.4) is 0 Å². The fourth-order valence-corrected chi connectivity index (χ4v) is 5.08. The predicted molar refractivity (Wildman–Crippen MR) is 138 cm³/mol. The van der Waals surface area contributed by atoms with Gasteiger partial charge in [0.1, 0.15) is 10.9 Å². The molecule has 2 N–H and O–H groups in total. The Morgan fingerprint density at radius 1 is 1.06 bits per heavy atom. The van der Waals surface area contributed by atoms with Gasteiger partial charge in [-0.2, -0.15) is 0 Å². The highest BCUT2D eigenvalue weighted by Crippen LogP contribution is 2.29. The van der Waals surface area contributed by atoms with Gasteiger partial charge in [-0.3, -0.25) is 19.0 Å². The fraction of sp³-hybridized carbons (Fsp3) is 0.167. The summed E-state index contributed by atoms with van der Waals surface area (Å²) in [5.41, 5.74) is 2.16. The number of hydrogen-bond acceptors (Lipinski definition) is 5. The molecule has 0 spiro atoms. The van der Waals surface area contributed by atoms with Crippen molar-refractivity contribution in [1.82, 2.24) is 9.55 Å². The summed E-state index contributed by atoms with van der Waals surface area (Å²) in [7, 11) is 0. The summed E-state index contributed by atoms with van der Waals surface area (Å²) in [6, 6.07) is 11.2. The molecule has 34 heavy (non-hydrogen) atoms. The van der Waals surface area contributed by atoms with Gasteiger partial charge in [0.15, 0.2) is 0 Å². The minimum Gasteiger partial charge on any atom is -0.324 e. The normalized spacial score (nSPS) is 11.9. The van der Waals surface area contributed by atoms with Crippen molar-refractivity contribution in [1.29, 1.82) is 0 Å². The van der Waals surface area contributed by atoms with E-state index in [1.807, 2.05) is 31.2 Å². The van der Waals surface area contributed by atoms with Crippen LogP contribution < -0.4 is 16.2 Å². The fourth-order valence-electron chi connectivity index (χ4n) is 3.52. The first-order chi connectivity index (χ1) is 16.2. The number of benzene rings is 2. The van der Waals surface area contributed by atoms with Crippen molar-refractivity contribution >= 4 is 67.9 Å². The molecule has 0 radical (unpaired) electrons. The largest absolute Gasteiger partial charge is 0.324 e. The molecule has 2 amide bonds. The van der Waals surface area contributed by atoms with Gasteiger partial charge in [0.05, 0.1) is 16.6 Å². The third-order valence-electron chi connectivity index (χ3n) is 5.40. The molecule has 0 saturated carbocycles. The Bertz CT molecular complexity index is 1480. The zero-order valence-corrected chi connectivity index (χ0v) is 20.8. The lowest BCUT2D eigenvalue weighted by Gasteiger charge is -2.15. The number of halogens is 2. The second-order valence-electron chi connectivity index (χ2n) is 7.79. The van der Waals surface area contributed by atoms with E-state index in [0.717, 1.165) is 16.9 Å². The van der Waals surface area contributed by atoms with Crippen LogP contribution in [0.1, 0.15) is 33.8 Å². The molecular weight excluding hydrogens is 495 g/mol. The van der Waals surface area contributed by atoms with Gasteiger partial charge in [-0.15, -0.1) is 11.3 Å². The molecule has 0 fully saturated rings. The molecule has 2 heterocycles. The Balaban J connectivity index is 1.64. The summed E-state index contributed by atoms with van der Waals surface area (Å²) >= 11 is 13.1. The number of aromatic nitrogens is 2. The van der Waals surface area contributed by atoms with E-state index < -0.39 is 17.5 Å². The number of carbonyl (C=O) groups is 2. The third-order valence-corrected chi connectivity index (χ3v) is 7.04. The minimum atomic E-state index is -0.870. The van der Waals surface area contributed by atoms with Crippen molar-refractivity contribution in [2.75, 3.05) is 10.6 Å². The van der Waals surface area contributed by atoms with Crippen LogP contribution in [0.25, 0.3) is 10.2 Å². The molecule has 0 aliphatic carbocycles. The number of hydrogen-bond donors (Lipinski definition) is 2. The quantitative estimate of drug-likeness (QED) is 0.350. The van der Waals surface area contributed by atoms with Crippen LogP contribution in [0, 0.1) is 13.8 Å². The molecule has 0 aliphatic heterocycles. The second kappa shape index (κ2) is 9.58. The van der Waals surface area contributed by atoms with Crippen molar-refractivity contribution in [3.8, 4) is 0 Å². The van der Waals surface area contributed by atoms with E-state index in [1.54, 1.807) is 32.0 Å². The number of carbonyl (C=O) groups excluding carboxylic acids is 2. The van der Waals surface area contributed by atoms with Crippen molar-refractivity contribution in [2.24, 2.45) is 0 Å². The highest BCUT2D eigenvalue weighted by Gasteiger charge is 2.23. The maximum Gasteiger partial charge on any atom is 0.266 e. The van der Waals surface area contributed by atoms with Crippen molar-refractivity contribution in [2.45, 2.75) is 26.8 Å². The van der Waals surface area contributed by atoms with Crippen LogP contribution in [-0.2, 0) is 4.79 Å². The Labute approximate surface area is 209 Å². The molecule has 7 nitrogen and oxygen atoms in total. The average molecular weight is 515 g/mol. The van der Waals surface area contributed by atoms with Crippen molar-refractivity contribution < 1.29 is 9.59 Å². The molecule has 0 bridgehead atoms. The van der Waals surface area contributed by atoms with Crippen molar-refractivity contribution in [3.05, 3.63) is 85.2 Å². The van der Waals surface area contributed by atoms with Crippen LogP contribution in [0.2, 0.25) is 10.0 Å². The van der Waals surface area contributed by atoms with Gasteiger partial charge >= 0.3 is 0 Å². The number of aryl methyl sites for hydroxylation is 2. The van der Waals surface area contributed by atoms with E-state index in [1.165, 1.54) is 10.9 Å². The molecule has 4 rings (SSSR count). The monoisotopic (exact) mass is 514 g/mol. The lowest BCUT2D eigenvalue weighted by molar-refractivity contribution is -0.118. The molecule has 1 unspecified atom stereocenters. The molecule has 2 aromatic carbocycles. The Morgan fingerprint density at radius 3 is 2.41 bits per heavy atom. The van der Waals surface area contributed by atoms with E-state index in [0.29, 0.717) is 42.1 Å². The number of para-hydroxylation sites is 1. The van der Waals surface area contributed by atoms with Gasteiger partial charge in [0.2, 0.25) is 5.91 Å². The number of fused-ring (bicyclic) bond motifs is 1. The summed E-state index contributed by atoms with van der Waals surface area (Å²) in [5, 5.41) is 6.66. The highest BCUT2D eigenvalue weighted by atomic mass is 35.5. The second-order valence-corrected chi connectivity index (χ2v) is 9.66. The standard InChI is InChI=1S/C24H20Cl2N4O3S/c1-12-6-4-5-7-18(12)29-22(32)20-13(2)19-23(34-20)27-11-30(24(19)33)14(3)21(31)28-17-9-15(25)8-16(26)10-17/h4-11,14H,1-3H3,(H,28,31)(H,29,32). The third kappa shape index (κ3) is 4.70. The number of nitrogens with one attached hydrogen (secondary N) is 2. The van der Waals surface area contributed by atoms with Crippen LogP contribution in [0.15, 0.2) is 53.6 Å². The topological polar surface area (TPSA) is 93.1 Å². The van der Waals surface area contributed by atoms with Gasteiger partial charge in [-0.05, 0) is 56.2 Å². The van der Waals surface area contributed by atoms with Gasteiger partial charge in [-0.25, -0.2) is 4.98 Å². The zero-order valence-electron chi connectivity index (χ0n) is 18.5. The maximum absolute atomic E-state index is 13.3. The number of rotatable bonds is 5. The molecule has 1 atom stereocenters. The predicted octanol–water partition coefficient (Wildman–Crippen LogP) is 5.83. The first-order valence-corrected chi connectivity index (χ1v) is 11.9. The SMILES string of the molecule is Cc1ccccc1NC(=O)c1sc2ncn(C(C)C(=O)Nc3cc(Cl)cc(Cl)c3)c(=O)c2c1C. The number of amides is 2. The van der Waals surface area contributed by atoms with Crippen molar-refractivity contribution in [3.63, 3.8) is 0 Å². The van der Waals surface area contributed by atoms with E-state index in [9.17, 15) is 14.4 Å². The van der Waals surface area contributed by atoms with Crippen LogP contribution in [-0.4, -0.2) is 21.4 Å². The zero-order chi connectivity index (χ0) is 24.6. The van der Waals surface area contributed by atoms with E-state index in [2.05, 4.69) is 15.6 Å². The maximum atomic E-state index is 13.3. The lowest BCUT2D eigenvalue weighted by atomic mass is 10.1. The Kier molecular flexibility index (Phi) is 6.74. The molecule has 0 aliphatic rings. The smallest absolute Gasteiger partial charge is 0.266 e. The Hall–Kier alpha value is -3.20. The van der Waals surface area contributed by atoms with Gasteiger partial charge in [0.25, 0.3) is 11.5 Å². The summed E-state index contributed by atoms with van der Waals surface area (Å²) in [6.45, 7) is 5.19. The van der Waals surface area contributed by atoms with E-state index in [-0.39, 0.29) is 5.91 Å². The number of nitrogens with zero attached hydrogens (tertiary/aromatic N) is 2. The van der Waals surface area contributed by atoms with Gasteiger partial charge in [0, 0.05) is 21.4 Å². The van der Waals surface area contributed by atoms with Gasteiger partial charge < -0.3 is 10.6 Å². The number of thiophene rings is 1. The van der Waals surface area contributed by atoms with E-state index >= 15 is 0 Å². The molecule has 4 aromatic rings. The molecule has 10 heteroatoms. The van der Waals surface area contributed by atoms with Crippen LogP contribution >= 0.6 is 34.5 Å². The summed E-state index contributed by atoms with van der Waals surface area (Å²) in [4.78, 5) is 44.2.